The Bertz CT molecular complexity index is 242. The van der Waals surface area contributed by atoms with Crippen LogP contribution in [0.1, 0.15) is 34.1 Å². The number of methoxy groups -OCH3 is 1. The maximum Gasteiger partial charge on any atom is 0.0797 e. The second-order valence-corrected chi connectivity index (χ2v) is 4.25. The molecule has 3 nitrogen and oxygen atoms in total. The number of rotatable bonds is 7. The Morgan fingerprint density at radius 1 is 1.38 bits per heavy atom. The Morgan fingerprint density at radius 3 is 2.38 bits per heavy atom. The smallest absolute Gasteiger partial charge is 0.0797 e. The average Bonchev–Trinajstić information content (AvgIpc) is 2.23. The van der Waals surface area contributed by atoms with Crippen molar-refractivity contribution in [1.29, 1.82) is 0 Å². The molecular formula is C13H25NO2. The first-order chi connectivity index (χ1) is 7.56. The summed E-state index contributed by atoms with van der Waals surface area (Å²) < 4.78 is 5.21. The topological polar surface area (TPSA) is 41.8 Å². The third-order valence-electron chi connectivity index (χ3n) is 2.71. The van der Waals surface area contributed by atoms with Gasteiger partial charge >= 0.3 is 0 Å². The van der Waals surface area contributed by atoms with Crippen LogP contribution < -0.4 is 0 Å². The summed E-state index contributed by atoms with van der Waals surface area (Å²) in [7, 11) is 1.69. The Balaban J connectivity index is 4.86. The zero-order chi connectivity index (χ0) is 12.6. The third kappa shape index (κ3) is 5.42. The molecule has 0 aromatic heterocycles. The van der Waals surface area contributed by atoms with Crippen molar-refractivity contribution in [3.8, 4) is 0 Å². The van der Waals surface area contributed by atoms with Crippen molar-refractivity contribution >= 4 is 5.71 Å². The summed E-state index contributed by atoms with van der Waals surface area (Å²) >= 11 is 0. The van der Waals surface area contributed by atoms with Crippen LogP contribution in [-0.4, -0.2) is 37.2 Å². The van der Waals surface area contributed by atoms with Crippen LogP contribution in [0.25, 0.3) is 0 Å². The van der Waals surface area contributed by atoms with E-state index < -0.39 is 0 Å². The molecule has 0 aliphatic rings. The predicted octanol–water partition coefficient (Wildman–Crippen LogP) is 2.45. The van der Waals surface area contributed by atoms with Crippen molar-refractivity contribution in [2.75, 3.05) is 20.3 Å². The molecule has 2 atom stereocenters. The lowest BCUT2D eigenvalue weighted by Gasteiger charge is -2.24. The van der Waals surface area contributed by atoms with Crippen molar-refractivity contribution < 1.29 is 9.84 Å². The largest absolute Gasteiger partial charge is 0.396 e. The highest BCUT2D eigenvalue weighted by Gasteiger charge is 2.21. The van der Waals surface area contributed by atoms with Crippen molar-refractivity contribution in [3.05, 3.63) is 11.6 Å². The van der Waals surface area contributed by atoms with E-state index >= 15 is 0 Å². The summed E-state index contributed by atoms with van der Waals surface area (Å²) in [6.07, 6.45) is 2.82. The van der Waals surface area contributed by atoms with Gasteiger partial charge in [-0.2, -0.15) is 0 Å². The minimum atomic E-state index is 0.110. The lowest BCUT2D eigenvalue weighted by molar-refractivity contribution is 0.154. The van der Waals surface area contributed by atoms with Gasteiger partial charge in [0.25, 0.3) is 0 Å². The molecule has 0 bridgehead atoms. The van der Waals surface area contributed by atoms with Crippen molar-refractivity contribution in [1.82, 2.24) is 0 Å². The second kappa shape index (κ2) is 8.48. The van der Waals surface area contributed by atoms with Gasteiger partial charge in [-0.15, -0.1) is 0 Å². The first-order valence-electron chi connectivity index (χ1n) is 5.80. The summed E-state index contributed by atoms with van der Waals surface area (Å²) in [5.74, 6) is 0.268. The number of nitrogens with zero attached hydrogens (tertiary/aromatic N) is 1. The quantitative estimate of drug-likeness (QED) is 0.536. The fourth-order valence-electron chi connectivity index (χ4n) is 1.82. The first-order valence-corrected chi connectivity index (χ1v) is 5.80. The summed E-state index contributed by atoms with van der Waals surface area (Å²) in [6.45, 7) is 8.87. The standard InChI is InChI=1S/C13H25NO2/c1-6-11(4)12(7-8-15)13(9-16-5)14-10(2)3/h6,12-13,15H,7-9H2,1-5H3/b11-6+. The highest BCUT2D eigenvalue weighted by molar-refractivity contribution is 5.79. The van der Waals surface area contributed by atoms with E-state index in [9.17, 15) is 0 Å². The van der Waals surface area contributed by atoms with E-state index in [-0.39, 0.29) is 18.6 Å². The number of hydrogen-bond donors (Lipinski definition) is 1. The SMILES string of the molecule is C/C=C(\C)C(CCO)C(COC)N=C(C)C. The van der Waals surface area contributed by atoms with Gasteiger partial charge in [-0.1, -0.05) is 11.6 Å². The number of allylic oxidation sites excluding steroid dienone is 1. The monoisotopic (exact) mass is 227 g/mol. The molecule has 94 valence electrons. The first kappa shape index (κ1) is 15.3. The molecule has 0 aromatic rings. The Labute approximate surface area is 99.2 Å². The zero-order valence-electron chi connectivity index (χ0n) is 11.2. The summed E-state index contributed by atoms with van der Waals surface area (Å²) in [5, 5.41) is 9.12. The van der Waals surface area contributed by atoms with Gasteiger partial charge in [0.05, 0.1) is 12.6 Å². The second-order valence-electron chi connectivity index (χ2n) is 4.25. The summed E-state index contributed by atoms with van der Waals surface area (Å²) in [6, 6.07) is 0.110. The molecule has 0 rings (SSSR count). The van der Waals surface area contributed by atoms with Gasteiger partial charge in [-0.25, -0.2) is 0 Å². The highest BCUT2D eigenvalue weighted by atomic mass is 16.5. The molecule has 0 aliphatic carbocycles. The number of ether oxygens (including phenoxy) is 1. The Morgan fingerprint density at radius 2 is 2.00 bits per heavy atom. The minimum Gasteiger partial charge on any atom is -0.396 e. The van der Waals surface area contributed by atoms with Crippen LogP contribution in [0.5, 0.6) is 0 Å². The normalized spacial score (nSPS) is 15.8. The van der Waals surface area contributed by atoms with Crippen LogP contribution in [0, 0.1) is 5.92 Å². The molecule has 0 heterocycles. The van der Waals surface area contributed by atoms with Crippen LogP contribution >= 0.6 is 0 Å². The van der Waals surface area contributed by atoms with Gasteiger partial charge in [0.15, 0.2) is 0 Å². The number of aliphatic hydroxyl groups excluding tert-OH is 1. The van der Waals surface area contributed by atoms with Crippen LogP contribution in [0.4, 0.5) is 0 Å². The molecule has 0 radical (unpaired) electrons. The molecular weight excluding hydrogens is 202 g/mol. The van der Waals surface area contributed by atoms with E-state index in [0.717, 1.165) is 12.1 Å². The number of aliphatic imine (C=N–C) groups is 1. The van der Waals surface area contributed by atoms with Gasteiger partial charge in [-0.3, -0.25) is 4.99 Å². The molecule has 0 amide bonds. The molecule has 0 aliphatic heterocycles. The maximum absolute atomic E-state index is 9.12. The third-order valence-corrected chi connectivity index (χ3v) is 2.71. The van der Waals surface area contributed by atoms with Crippen molar-refractivity contribution in [2.45, 2.75) is 40.2 Å². The zero-order valence-corrected chi connectivity index (χ0v) is 11.2. The van der Waals surface area contributed by atoms with Gasteiger partial charge in [0.1, 0.15) is 0 Å². The lowest BCUT2D eigenvalue weighted by Crippen LogP contribution is -2.26. The van der Waals surface area contributed by atoms with E-state index in [1.807, 2.05) is 20.8 Å². The molecule has 16 heavy (non-hydrogen) atoms. The van der Waals surface area contributed by atoms with Gasteiger partial charge < -0.3 is 9.84 Å². The molecule has 1 N–H and O–H groups in total. The molecule has 0 saturated heterocycles. The van der Waals surface area contributed by atoms with Crippen LogP contribution in [0.15, 0.2) is 16.6 Å². The molecule has 0 aromatic carbocycles. The fourth-order valence-corrected chi connectivity index (χ4v) is 1.82. The molecule has 0 fully saturated rings. The van der Waals surface area contributed by atoms with E-state index in [1.165, 1.54) is 5.57 Å². The fraction of sp³-hybridized carbons (Fsp3) is 0.769. The average molecular weight is 227 g/mol. The van der Waals surface area contributed by atoms with Crippen LogP contribution in [-0.2, 0) is 4.74 Å². The Kier molecular flexibility index (Phi) is 8.12. The van der Waals surface area contributed by atoms with E-state index in [4.69, 9.17) is 9.84 Å². The highest BCUT2D eigenvalue weighted by Crippen LogP contribution is 2.22. The maximum atomic E-state index is 9.12. The van der Waals surface area contributed by atoms with E-state index in [1.54, 1.807) is 7.11 Å². The summed E-state index contributed by atoms with van der Waals surface area (Å²) in [4.78, 5) is 4.59. The van der Waals surface area contributed by atoms with Gasteiger partial charge in [-0.05, 0) is 34.1 Å². The van der Waals surface area contributed by atoms with E-state index in [0.29, 0.717) is 6.61 Å². The molecule has 3 heteroatoms. The minimum absolute atomic E-state index is 0.110. The van der Waals surface area contributed by atoms with Crippen molar-refractivity contribution in [2.24, 2.45) is 10.9 Å². The Hall–Kier alpha value is -0.670. The van der Waals surface area contributed by atoms with Crippen LogP contribution in [0.2, 0.25) is 0 Å². The molecule has 0 spiro atoms. The number of aliphatic hydroxyl groups is 1. The summed E-state index contributed by atoms with van der Waals surface area (Å²) in [5.41, 5.74) is 2.31. The van der Waals surface area contributed by atoms with Gasteiger partial charge in [0, 0.05) is 25.3 Å². The van der Waals surface area contributed by atoms with Gasteiger partial charge in [0.2, 0.25) is 0 Å². The van der Waals surface area contributed by atoms with Crippen LogP contribution in [0.3, 0.4) is 0 Å². The predicted molar refractivity (Wildman–Crippen MR) is 69.1 cm³/mol. The van der Waals surface area contributed by atoms with Crippen molar-refractivity contribution in [3.63, 3.8) is 0 Å². The lowest BCUT2D eigenvalue weighted by atomic mass is 9.89. The number of hydrogen-bond acceptors (Lipinski definition) is 3. The molecule has 2 unspecified atom stereocenters. The van der Waals surface area contributed by atoms with E-state index in [2.05, 4.69) is 18.0 Å². The molecule has 0 saturated carbocycles.